The van der Waals surface area contributed by atoms with E-state index in [-0.39, 0.29) is 23.3 Å². The number of nitrogens with one attached hydrogen (secondary N) is 2. The number of thiophene rings is 1. The van der Waals surface area contributed by atoms with E-state index in [2.05, 4.69) is 10.6 Å². The number of rotatable bonds is 9. The second-order valence-corrected chi connectivity index (χ2v) is 10.3. The lowest BCUT2D eigenvalue weighted by Crippen LogP contribution is -2.47. The summed E-state index contributed by atoms with van der Waals surface area (Å²) in [7, 11) is -0.487. The van der Waals surface area contributed by atoms with E-state index in [9.17, 15) is 18.0 Å². The third-order valence-electron chi connectivity index (χ3n) is 5.23. The summed E-state index contributed by atoms with van der Waals surface area (Å²) < 4.78 is 37.7. The van der Waals surface area contributed by atoms with Crippen molar-refractivity contribution in [3.63, 3.8) is 0 Å². The molecule has 1 aliphatic heterocycles. The van der Waals surface area contributed by atoms with Gasteiger partial charge < -0.3 is 20.1 Å². The first kappa shape index (κ1) is 24.0. The van der Waals surface area contributed by atoms with Crippen LogP contribution >= 0.6 is 11.3 Å². The summed E-state index contributed by atoms with van der Waals surface area (Å²) >= 11 is 1.16. The van der Waals surface area contributed by atoms with Crippen molar-refractivity contribution in [1.82, 2.24) is 14.9 Å². The summed E-state index contributed by atoms with van der Waals surface area (Å²) in [5.41, 5.74) is 0.920. The van der Waals surface area contributed by atoms with Gasteiger partial charge in [0.05, 0.1) is 14.2 Å². The van der Waals surface area contributed by atoms with Crippen LogP contribution < -0.4 is 20.1 Å². The Labute approximate surface area is 191 Å². The highest BCUT2D eigenvalue weighted by Crippen LogP contribution is 2.28. The van der Waals surface area contributed by atoms with Gasteiger partial charge in [-0.25, -0.2) is 8.42 Å². The minimum atomic E-state index is -3.59. The van der Waals surface area contributed by atoms with Gasteiger partial charge in [0.15, 0.2) is 11.5 Å². The maximum Gasteiger partial charge on any atom is 0.309 e. The van der Waals surface area contributed by atoms with Crippen LogP contribution in [0.25, 0.3) is 0 Å². The topological polar surface area (TPSA) is 114 Å². The molecule has 2 N–H and O–H groups in total. The molecule has 1 aromatic heterocycles. The van der Waals surface area contributed by atoms with E-state index < -0.39 is 21.8 Å². The van der Waals surface area contributed by atoms with E-state index in [1.807, 2.05) is 12.1 Å². The molecule has 1 atom stereocenters. The van der Waals surface area contributed by atoms with Crippen molar-refractivity contribution < 1.29 is 27.5 Å². The van der Waals surface area contributed by atoms with Crippen LogP contribution in [-0.4, -0.2) is 64.4 Å². The van der Waals surface area contributed by atoms with Crippen LogP contribution in [0.15, 0.2) is 39.9 Å². The fraction of sp³-hybridized carbons (Fsp3) is 0.429. The van der Waals surface area contributed by atoms with Crippen LogP contribution in [0.5, 0.6) is 11.5 Å². The normalized spacial score (nSPS) is 16.5. The molecule has 0 saturated carbocycles. The molecule has 0 radical (unpaired) electrons. The first-order valence-electron chi connectivity index (χ1n) is 10.2. The van der Waals surface area contributed by atoms with Crippen LogP contribution in [-0.2, 0) is 26.0 Å². The van der Waals surface area contributed by atoms with Crippen LogP contribution in [0.1, 0.15) is 18.4 Å². The van der Waals surface area contributed by atoms with Gasteiger partial charge in [-0.1, -0.05) is 12.1 Å². The number of carbonyl (C=O) groups is 2. The van der Waals surface area contributed by atoms with E-state index in [1.165, 1.54) is 4.31 Å². The molecular formula is C21H27N3O6S2. The molecule has 1 aromatic carbocycles. The van der Waals surface area contributed by atoms with Crippen molar-refractivity contribution in [2.75, 3.05) is 33.9 Å². The van der Waals surface area contributed by atoms with Crippen LogP contribution in [0.4, 0.5) is 0 Å². The number of carbonyl (C=O) groups excluding carboxylic acids is 2. The van der Waals surface area contributed by atoms with Crippen LogP contribution in [0.2, 0.25) is 0 Å². The Kier molecular flexibility index (Phi) is 8.10. The summed E-state index contributed by atoms with van der Waals surface area (Å²) in [6.07, 6.45) is 1.85. The number of benzene rings is 1. The van der Waals surface area contributed by atoms with Gasteiger partial charge in [0.25, 0.3) is 10.0 Å². The predicted molar refractivity (Wildman–Crippen MR) is 121 cm³/mol. The van der Waals surface area contributed by atoms with Gasteiger partial charge in [0.2, 0.25) is 0 Å². The van der Waals surface area contributed by atoms with Gasteiger partial charge in [-0.05, 0) is 48.4 Å². The summed E-state index contributed by atoms with van der Waals surface area (Å²) in [5, 5.41) is 6.86. The molecule has 0 bridgehead atoms. The molecule has 2 heterocycles. The second kappa shape index (κ2) is 10.8. The summed E-state index contributed by atoms with van der Waals surface area (Å²) in [5.74, 6) is -0.330. The minimum absolute atomic E-state index is 0.0898. The average molecular weight is 482 g/mol. The summed E-state index contributed by atoms with van der Waals surface area (Å²) in [4.78, 5) is 24.3. The highest BCUT2D eigenvalue weighted by Gasteiger charge is 2.36. The third-order valence-corrected chi connectivity index (χ3v) is 8.56. The number of methoxy groups -OCH3 is 2. The number of hydrogen-bond donors (Lipinski definition) is 2. The molecule has 32 heavy (non-hydrogen) atoms. The molecule has 0 aliphatic carbocycles. The number of nitrogens with zero attached hydrogens (tertiary/aromatic N) is 1. The smallest absolute Gasteiger partial charge is 0.309 e. The molecule has 2 aromatic rings. The van der Waals surface area contributed by atoms with Crippen molar-refractivity contribution in [2.24, 2.45) is 0 Å². The van der Waals surface area contributed by atoms with Gasteiger partial charge in [-0.2, -0.15) is 4.31 Å². The molecular weight excluding hydrogens is 454 g/mol. The lowest BCUT2D eigenvalue weighted by Gasteiger charge is -2.23. The fourth-order valence-electron chi connectivity index (χ4n) is 3.58. The summed E-state index contributed by atoms with van der Waals surface area (Å²) in [6.45, 7) is 0.759. The van der Waals surface area contributed by atoms with Gasteiger partial charge >= 0.3 is 11.8 Å². The van der Waals surface area contributed by atoms with Gasteiger partial charge in [0, 0.05) is 25.7 Å². The van der Waals surface area contributed by atoms with Crippen molar-refractivity contribution in [3.8, 4) is 11.5 Å². The zero-order valence-electron chi connectivity index (χ0n) is 18.0. The molecule has 174 valence electrons. The predicted octanol–water partition coefficient (Wildman–Crippen LogP) is 1.39. The Morgan fingerprint density at radius 3 is 2.56 bits per heavy atom. The molecule has 1 fully saturated rings. The Hall–Kier alpha value is -2.63. The Morgan fingerprint density at radius 1 is 1.12 bits per heavy atom. The lowest BCUT2D eigenvalue weighted by atomic mass is 10.1. The zero-order chi connectivity index (χ0) is 23.1. The maximum atomic E-state index is 12.8. The largest absolute Gasteiger partial charge is 0.493 e. The van der Waals surface area contributed by atoms with E-state index in [0.717, 1.165) is 16.9 Å². The third kappa shape index (κ3) is 5.59. The molecule has 2 amide bonds. The zero-order valence-corrected chi connectivity index (χ0v) is 19.6. The SMILES string of the molecule is COc1ccc(CCNC(=O)C(=O)NC[C@H]2CCCN2S(=O)(=O)c2cccs2)cc1OC. The van der Waals surface area contributed by atoms with E-state index >= 15 is 0 Å². The number of ether oxygens (including phenoxy) is 2. The number of amides is 2. The molecule has 3 rings (SSSR count). The molecule has 11 heteroatoms. The Balaban J connectivity index is 1.47. The molecule has 0 unspecified atom stereocenters. The molecule has 0 spiro atoms. The van der Waals surface area contributed by atoms with E-state index in [4.69, 9.17) is 9.47 Å². The Bertz CT molecular complexity index is 1040. The lowest BCUT2D eigenvalue weighted by molar-refractivity contribution is -0.139. The van der Waals surface area contributed by atoms with E-state index in [1.54, 1.807) is 37.8 Å². The highest BCUT2D eigenvalue weighted by molar-refractivity contribution is 7.91. The molecule has 1 saturated heterocycles. The molecule has 9 nitrogen and oxygen atoms in total. The van der Waals surface area contributed by atoms with Crippen molar-refractivity contribution in [1.29, 1.82) is 0 Å². The number of sulfonamides is 1. The van der Waals surface area contributed by atoms with Crippen molar-refractivity contribution >= 4 is 33.2 Å². The van der Waals surface area contributed by atoms with Crippen LogP contribution in [0.3, 0.4) is 0 Å². The molecule has 1 aliphatic rings. The second-order valence-electron chi connectivity index (χ2n) is 7.25. The highest BCUT2D eigenvalue weighted by atomic mass is 32.2. The van der Waals surface area contributed by atoms with Crippen LogP contribution in [0, 0.1) is 0 Å². The first-order valence-corrected chi connectivity index (χ1v) is 12.5. The summed E-state index contributed by atoms with van der Waals surface area (Å²) in [6, 6.07) is 8.34. The van der Waals surface area contributed by atoms with Gasteiger partial charge in [-0.15, -0.1) is 11.3 Å². The first-order chi connectivity index (χ1) is 15.4. The fourth-order valence-corrected chi connectivity index (χ4v) is 6.40. The van der Waals surface area contributed by atoms with Gasteiger partial charge in [-0.3, -0.25) is 9.59 Å². The Morgan fingerprint density at radius 2 is 1.88 bits per heavy atom. The van der Waals surface area contributed by atoms with Gasteiger partial charge in [0.1, 0.15) is 4.21 Å². The monoisotopic (exact) mass is 481 g/mol. The van der Waals surface area contributed by atoms with Crippen molar-refractivity contribution in [2.45, 2.75) is 29.5 Å². The standard InChI is InChI=1S/C21H27N3O6S2/c1-29-17-8-7-15(13-18(17)30-2)9-10-22-20(25)21(26)23-14-16-5-3-11-24(16)32(27,28)19-6-4-12-31-19/h4,6-8,12-13,16H,3,5,9-11,14H2,1-2H3,(H,22,25)(H,23,26)/t16-/m1/s1. The number of hydrogen-bond acceptors (Lipinski definition) is 7. The van der Waals surface area contributed by atoms with E-state index in [0.29, 0.717) is 37.3 Å². The average Bonchev–Trinajstić information content (AvgIpc) is 3.50. The quantitative estimate of drug-likeness (QED) is 0.524. The van der Waals surface area contributed by atoms with Crippen molar-refractivity contribution in [3.05, 3.63) is 41.3 Å². The minimum Gasteiger partial charge on any atom is -0.493 e. The maximum absolute atomic E-state index is 12.8.